The van der Waals surface area contributed by atoms with E-state index in [1.54, 1.807) is 13.8 Å². The highest BCUT2D eigenvalue weighted by Gasteiger charge is 2.20. The Labute approximate surface area is 120 Å². The van der Waals surface area contributed by atoms with Gasteiger partial charge in [-0.2, -0.15) is 0 Å². The van der Waals surface area contributed by atoms with Crippen LogP contribution in [0.4, 0.5) is 4.79 Å². The summed E-state index contributed by atoms with van der Waals surface area (Å²) in [7, 11) is 0. The SMILES string of the molecule is Cc1noc(C)c1CNC(=O)N[C@@H](CCC(N)=O)C(=O)O. The lowest BCUT2D eigenvalue weighted by molar-refractivity contribution is -0.139. The summed E-state index contributed by atoms with van der Waals surface area (Å²) in [4.78, 5) is 33.3. The van der Waals surface area contributed by atoms with E-state index < -0.39 is 23.9 Å². The topological polar surface area (TPSA) is 148 Å². The number of carboxylic acid groups (broad SMARTS) is 1. The van der Waals surface area contributed by atoms with Crippen molar-refractivity contribution in [2.45, 2.75) is 39.3 Å². The van der Waals surface area contributed by atoms with Crippen molar-refractivity contribution < 1.29 is 24.0 Å². The fourth-order valence-electron chi connectivity index (χ4n) is 1.68. The smallest absolute Gasteiger partial charge is 0.326 e. The molecule has 0 saturated carbocycles. The number of nitrogens with zero attached hydrogens (tertiary/aromatic N) is 1. The molecular formula is C12H18N4O5. The number of carboxylic acids is 1. The van der Waals surface area contributed by atoms with Crippen LogP contribution in [0.25, 0.3) is 0 Å². The average Bonchev–Trinajstić information content (AvgIpc) is 2.71. The summed E-state index contributed by atoms with van der Waals surface area (Å²) in [6, 6.07) is -1.84. The number of aliphatic carboxylic acids is 1. The average molecular weight is 298 g/mol. The van der Waals surface area contributed by atoms with Crippen LogP contribution in [-0.2, 0) is 16.1 Å². The first kappa shape index (κ1) is 16.5. The largest absolute Gasteiger partial charge is 0.480 e. The van der Waals surface area contributed by atoms with Crippen LogP contribution < -0.4 is 16.4 Å². The second kappa shape index (κ2) is 7.27. The van der Waals surface area contributed by atoms with Gasteiger partial charge in [-0.15, -0.1) is 0 Å². The third-order valence-electron chi connectivity index (χ3n) is 2.89. The number of aryl methyl sites for hydroxylation is 2. The number of aromatic nitrogens is 1. The van der Waals surface area contributed by atoms with Crippen LogP contribution in [0.3, 0.4) is 0 Å². The molecule has 0 aliphatic rings. The Morgan fingerprint density at radius 3 is 2.52 bits per heavy atom. The Kier molecular flexibility index (Phi) is 5.70. The van der Waals surface area contributed by atoms with Crippen LogP contribution >= 0.6 is 0 Å². The fraction of sp³-hybridized carbons (Fsp3) is 0.500. The third-order valence-corrected chi connectivity index (χ3v) is 2.89. The van der Waals surface area contributed by atoms with Gasteiger partial charge < -0.3 is 26.0 Å². The summed E-state index contributed by atoms with van der Waals surface area (Å²) in [5, 5.41) is 17.5. The maximum absolute atomic E-state index is 11.7. The molecule has 9 heteroatoms. The van der Waals surface area contributed by atoms with Gasteiger partial charge in [-0.1, -0.05) is 5.16 Å². The van der Waals surface area contributed by atoms with Crippen molar-refractivity contribution in [3.8, 4) is 0 Å². The molecule has 116 valence electrons. The monoisotopic (exact) mass is 298 g/mol. The highest BCUT2D eigenvalue weighted by Crippen LogP contribution is 2.11. The van der Waals surface area contributed by atoms with E-state index in [9.17, 15) is 14.4 Å². The van der Waals surface area contributed by atoms with E-state index in [1.807, 2.05) is 0 Å². The Balaban J connectivity index is 2.50. The first-order chi connectivity index (χ1) is 9.81. The molecule has 0 unspecified atom stereocenters. The van der Waals surface area contributed by atoms with Gasteiger partial charge in [0.2, 0.25) is 5.91 Å². The number of hydrogen-bond acceptors (Lipinski definition) is 5. The molecule has 1 aromatic rings. The normalized spacial score (nSPS) is 11.7. The number of hydrogen-bond donors (Lipinski definition) is 4. The predicted octanol–water partition coefficient (Wildman–Crippen LogP) is -0.191. The third kappa shape index (κ3) is 5.13. The summed E-state index contributed by atoms with van der Waals surface area (Å²) in [5.41, 5.74) is 6.33. The van der Waals surface area contributed by atoms with E-state index in [0.717, 1.165) is 5.56 Å². The van der Waals surface area contributed by atoms with Crippen molar-refractivity contribution in [3.63, 3.8) is 0 Å². The van der Waals surface area contributed by atoms with Crippen LogP contribution in [0.2, 0.25) is 0 Å². The minimum absolute atomic E-state index is 0.0661. The summed E-state index contributed by atoms with van der Waals surface area (Å²) in [6.45, 7) is 3.61. The molecule has 0 bridgehead atoms. The van der Waals surface area contributed by atoms with E-state index in [-0.39, 0.29) is 19.4 Å². The predicted molar refractivity (Wildman–Crippen MR) is 71.2 cm³/mol. The van der Waals surface area contributed by atoms with Crippen LogP contribution in [0, 0.1) is 13.8 Å². The highest BCUT2D eigenvalue weighted by molar-refractivity contribution is 5.83. The Hall–Kier alpha value is -2.58. The molecule has 0 saturated heterocycles. The van der Waals surface area contributed by atoms with Crippen LogP contribution in [-0.4, -0.2) is 34.2 Å². The molecule has 1 rings (SSSR count). The number of carbonyl (C=O) groups excluding carboxylic acids is 2. The van der Waals surface area contributed by atoms with Gasteiger partial charge >= 0.3 is 12.0 Å². The maximum atomic E-state index is 11.7. The molecule has 0 spiro atoms. The first-order valence-corrected chi connectivity index (χ1v) is 6.28. The zero-order valence-corrected chi connectivity index (χ0v) is 11.8. The summed E-state index contributed by atoms with van der Waals surface area (Å²) < 4.78 is 4.94. The maximum Gasteiger partial charge on any atom is 0.326 e. The van der Waals surface area contributed by atoms with Gasteiger partial charge in [0.25, 0.3) is 0 Å². The number of nitrogens with one attached hydrogen (secondary N) is 2. The van der Waals surface area contributed by atoms with Crippen LogP contribution in [0.1, 0.15) is 29.9 Å². The highest BCUT2D eigenvalue weighted by atomic mass is 16.5. The van der Waals surface area contributed by atoms with Crippen LogP contribution in [0.15, 0.2) is 4.52 Å². The minimum Gasteiger partial charge on any atom is -0.480 e. The lowest BCUT2D eigenvalue weighted by Gasteiger charge is -2.14. The van der Waals surface area contributed by atoms with Crippen LogP contribution in [0.5, 0.6) is 0 Å². The number of carbonyl (C=O) groups is 3. The lowest BCUT2D eigenvalue weighted by atomic mass is 10.1. The van der Waals surface area contributed by atoms with Gasteiger partial charge in [0.1, 0.15) is 11.8 Å². The zero-order valence-electron chi connectivity index (χ0n) is 11.8. The van der Waals surface area contributed by atoms with E-state index in [0.29, 0.717) is 11.5 Å². The Morgan fingerprint density at radius 2 is 2.05 bits per heavy atom. The van der Waals surface area contributed by atoms with Crippen molar-refractivity contribution in [3.05, 3.63) is 17.0 Å². The molecule has 1 heterocycles. The van der Waals surface area contributed by atoms with Crippen molar-refractivity contribution >= 4 is 17.9 Å². The van der Waals surface area contributed by atoms with E-state index in [1.165, 1.54) is 0 Å². The van der Waals surface area contributed by atoms with Gasteiger partial charge in [0.05, 0.1) is 5.69 Å². The number of primary amides is 1. The van der Waals surface area contributed by atoms with Gasteiger partial charge in [0.15, 0.2) is 0 Å². The molecule has 5 N–H and O–H groups in total. The van der Waals surface area contributed by atoms with Gasteiger partial charge in [-0.25, -0.2) is 9.59 Å². The minimum atomic E-state index is -1.23. The Bertz CT molecular complexity index is 520. The van der Waals surface area contributed by atoms with Gasteiger partial charge in [-0.3, -0.25) is 4.79 Å². The first-order valence-electron chi connectivity index (χ1n) is 6.28. The van der Waals surface area contributed by atoms with E-state index in [2.05, 4.69) is 15.8 Å². The number of rotatable bonds is 7. The van der Waals surface area contributed by atoms with Gasteiger partial charge in [0, 0.05) is 18.5 Å². The van der Waals surface area contributed by atoms with Crippen molar-refractivity contribution in [1.29, 1.82) is 0 Å². The fourth-order valence-corrected chi connectivity index (χ4v) is 1.68. The number of nitrogens with two attached hydrogens (primary N) is 1. The summed E-state index contributed by atoms with van der Waals surface area (Å²) in [6.07, 6.45) is -0.190. The quantitative estimate of drug-likeness (QED) is 0.548. The molecule has 0 fully saturated rings. The lowest BCUT2D eigenvalue weighted by Crippen LogP contribution is -2.46. The Morgan fingerprint density at radius 1 is 1.38 bits per heavy atom. The second-order valence-corrected chi connectivity index (χ2v) is 4.53. The molecule has 1 atom stereocenters. The molecule has 21 heavy (non-hydrogen) atoms. The molecule has 3 amide bonds. The molecule has 0 aromatic carbocycles. The molecular weight excluding hydrogens is 280 g/mol. The number of urea groups is 1. The summed E-state index contributed by atoms with van der Waals surface area (Å²) in [5.74, 6) is -1.28. The number of amides is 3. The van der Waals surface area contributed by atoms with E-state index in [4.69, 9.17) is 15.4 Å². The van der Waals surface area contributed by atoms with Crippen molar-refractivity contribution in [2.24, 2.45) is 5.73 Å². The zero-order chi connectivity index (χ0) is 16.0. The van der Waals surface area contributed by atoms with Crippen molar-refractivity contribution in [2.75, 3.05) is 0 Å². The molecule has 1 aromatic heterocycles. The van der Waals surface area contributed by atoms with Gasteiger partial charge in [-0.05, 0) is 20.3 Å². The molecule has 0 aliphatic heterocycles. The summed E-state index contributed by atoms with van der Waals surface area (Å²) >= 11 is 0. The van der Waals surface area contributed by atoms with Crippen molar-refractivity contribution in [1.82, 2.24) is 15.8 Å². The van der Waals surface area contributed by atoms with E-state index >= 15 is 0 Å². The second-order valence-electron chi connectivity index (χ2n) is 4.53. The molecule has 0 radical (unpaired) electrons. The molecule has 9 nitrogen and oxygen atoms in total. The standard InChI is InChI=1S/C12H18N4O5/c1-6-8(7(2)21-16-6)5-14-12(20)15-9(11(18)19)3-4-10(13)17/h9H,3-5H2,1-2H3,(H2,13,17)(H,18,19)(H2,14,15,20)/t9-/m0/s1. The molecule has 0 aliphatic carbocycles.